The van der Waals surface area contributed by atoms with Crippen LogP contribution in [0, 0.1) is 6.92 Å². The van der Waals surface area contributed by atoms with E-state index in [9.17, 15) is 4.79 Å². The first-order valence-electron chi connectivity index (χ1n) is 8.96. The Morgan fingerprint density at radius 2 is 1.63 bits per heavy atom. The molecular formula is C25H20OS. The molecule has 1 aliphatic rings. The van der Waals surface area contributed by atoms with Gasteiger partial charge in [-0.05, 0) is 36.3 Å². The number of thioether (sulfide) groups is 1. The maximum absolute atomic E-state index is 13.7. The van der Waals surface area contributed by atoms with E-state index in [0.29, 0.717) is 0 Å². The molecule has 0 radical (unpaired) electrons. The van der Waals surface area contributed by atoms with E-state index in [-0.39, 0.29) is 11.0 Å². The number of hydrogen-bond donors (Lipinski definition) is 0. The quantitative estimate of drug-likeness (QED) is 0.502. The fourth-order valence-electron chi connectivity index (χ4n) is 3.81. The summed E-state index contributed by atoms with van der Waals surface area (Å²) < 4.78 is 0. The molecule has 132 valence electrons. The van der Waals surface area contributed by atoms with Gasteiger partial charge in [-0.15, -0.1) is 17.5 Å². The fourth-order valence-corrected chi connectivity index (χ4v) is 5.21. The van der Waals surface area contributed by atoms with Crippen LogP contribution in [0.25, 0.3) is 0 Å². The molecule has 0 fully saturated rings. The monoisotopic (exact) mass is 368 g/mol. The number of carbonyl (C=O) groups excluding carboxylic acids is 1. The zero-order chi connectivity index (χ0) is 18.9. The molecule has 1 nitrogen and oxygen atoms in total. The summed E-state index contributed by atoms with van der Waals surface area (Å²) in [5.74, 6) is 0.116. The van der Waals surface area contributed by atoms with E-state index in [1.165, 1.54) is 5.56 Å². The van der Waals surface area contributed by atoms with E-state index in [1.54, 1.807) is 11.8 Å². The van der Waals surface area contributed by atoms with Crippen LogP contribution in [0.5, 0.6) is 0 Å². The Morgan fingerprint density at radius 1 is 0.963 bits per heavy atom. The van der Waals surface area contributed by atoms with E-state index in [2.05, 4.69) is 49.6 Å². The molecule has 0 amide bonds. The van der Waals surface area contributed by atoms with Gasteiger partial charge in [0.25, 0.3) is 0 Å². The standard InChI is InChI=1S/C25H20OS/c1-3-17-25(19-9-5-4-6-10-19)23(26)21-11-7-8-12-22(21)24(25)27-20-15-13-18(2)14-16-20/h4-17,24H,1H2,2H3. The van der Waals surface area contributed by atoms with E-state index in [1.807, 2.05) is 54.6 Å². The number of ketones is 1. The van der Waals surface area contributed by atoms with Gasteiger partial charge in [-0.25, -0.2) is 0 Å². The van der Waals surface area contributed by atoms with E-state index >= 15 is 0 Å². The summed E-state index contributed by atoms with van der Waals surface area (Å²) in [7, 11) is 0. The van der Waals surface area contributed by atoms with Crippen LogP contribution in [0.2, 0.25) is 0 Å². The Labute approximate surface area is 164 Å². The smallest absolute Gasteiger partial charge is 0.179 e. The molecule has 2 heteroatoms. The van der Waals surface area contributed by atoms with Gasteiger partial charge in [0.05, 0.1) is 5.25 Å². The molecule has 0 aliphatic heterocycles. The summed E-state index contributed by atoms with van der Waals surface area (Å²) in [6, 6.07) is 26.4. The van der Waals surface area contributed by atoms with Crippen molar-refractivity contribution in [1.29, 1.82) is 0 Å². The predicted octanol–water partition coefficient (Wildman–Crippen LogP) is 6.30. The van der Waals surface area contributed by atoms with Crippen molar-refractivity contribution in [1.82, 2.24) is 0 Å². The third-order valence-electron chi connectivity index (χ3n) is 5.13. The molecule has 3 aromatic rings. The Kier molecular flexibility index (Phi) is 4.61. The third-order valence-corrected chi connectivity index (χ3v) is 6.54. The number of fused-ring (bicyclic) bond motifs is 1. The Balaban J connectivity index is 1.93. The van der Waals surface area contributed by atoms with Crippen molar-refractivity contribution in [3.05, 3.63) is 120 Å². The zero-order valence-corrected chi connectivity index (χ0v) is 16.0. The number of Topliss-reactive ketones (excluding diaryl/α,β-unsaturated/α-hetero) is 1. The molecule has 0 aromatic heterocycles. The minimum atomic E-state index is -0.803. The Hall–Kier alpha value is -2.80. The van der Waals surface area contributed by atoms with Crippen molar-refractivity contribution in [2.24, 2.45) is 0 Å². The van der Waals surface area contributed by atoms with Gasteiger partial charge in [-0.3, -0.25) is 4.79 Å². The Bertz CT molecular complexity index is 1030. The van der Waals surface area contributed by atoms with Crippen molar-refractivity contribution >= 4 is 17.5 Å². The second-order valence-corrected chi connectivity index (χ2v) is 7.99. The van der Waals surface area contributed by atoms with Gasteiger partial charge in [0, 0.05) is 10.5 Å². The SMILES string of the molecule is C=C=CC1(c2ccccc2)C(=O)c2ccccc2C1Sc1ccc(C)cc1. The van der Waals surface area contributed by atoms with Crippen LogP contribution in [-0.2, 0) is 5.41 Å². The lowest BCUT2D eigenvalue weighted by molar-refractivity contribution is 0.0933. The van der Waals surface area contributed by atoms with Crippen LogP contribution in [0.1, 0.15) is 32.3 Å². The van der Waals surface area contributed by atoms with Crippen molar-refractivity contribution in [3.8, 4) is 0 Å². The van der Waals surface area contributed by atoms with Crippen LogP contribution in [0.4, 0.5) is 0 Å². The summed E-state index contributed by atoms with van der Waals surface area (Å²) >= 11 is 1.73. The average molecular weight is 369 g/mol. The lowest BCUT2D eigenvalue weighted by Crippen LogP contribution is -2.33. The molecular weight excluding hydrogens is 348 g/mol. The number of benzene rings is 3. The Morgan fingerprint density at radius 3 is 2.33 bits per heavy atom. The average Bonchev–Trinajstić information content (AvgIpc) is 2.94. The lowest BCUT2D eigenvalue weighted by Gasteiger charge is -2.31. The van der Waals surface area contributed by atoms with Crippen molar-refractivity contribution in [3.63, 3.8) is 0 Å². The van der Waals surface area contributed by atoms with Crippen LogP contribution >= 0.6 is 11.8 Å². The highest BCUT2D eigenvalue weighted by Crippen LogP contribution is 2.56. The predicted molar refractivity (Wildman–Crippen MR) is 112 cm³/mol. The second kappa shape index (κ2) is 7.08. The molecule has 0 heterocycles. The molecule has 0 saturated carbocycles. The summed E-state index contributed by atoms with van der Waals surface area (Å²) in [4.78, 5) is 14.8. The van der Waals surface area contributed by atoms with Gasteiger partial charge in [0.15, 0.2) is 5.78 Å². The van der Waals surface area contributed by atoms with Gasteiger partial charge >= 0.3 is 0 Å². The van der Waals surface area contributed by atoms with E-state index in [4.69, 9.17) is 0 Å². The molecule has 27 heavy (non-hydrogen) atoms. The molecule has 0 saturated heterocycles. The van der Waals surface area contributed by atoms with Crippen molar-refractivity contribution in [2.45, 2.75) is 22.5 Å². The first-order chi connectivity index (χ1) is 13.2. The molecule has 3 aromatic carbocycles. The summed E-state index contributed by atoms with van der Waals surface area (Å²) in [5.41, 5.74) is 6.19. The maximum atomic E-state index is 13.7. The summed E-state index contributed by atoms with van der Waals surface area (Å²) in [6.45, 7) is 5.88. The van der Waals surface area contributed by atoms with Crippen molar-refractivity contribution < 1.29 is 4.79 Å². The largest absolute Gasteiger partial charge is 0.293 e. The molecule has 2 unspecified atom stereocenters. The van der Waals surface area contributed by atoms with Crippen LogP contribution in [0.3, 0.4) is 0 Å². The third kappa shape index (κ3) is 2.88. The number of aryl methyl sites for hydroxylation is 1. The molecule has 0 N–H and O–H groups in total. The maximum Gasteiger partial charge on any atom is 0.179 e. The number of hydrogen-bond acceptors (Lipinski definition) is 2. The van der Waals surface area contributed by atoms with Gasteiger partial charge in [-0.1, -0.05) is 78.9 Å². The van der Waals surface area contributed by atoms with E-state index < -0.39 is 5.41 Å². The van der Waals surface area contributed by atoms with E-state index in [0.717, 1.165) is 21.6 Å². The lowest BCUT2D eigenvalue weighted by atomic mass is 9.76. The first kappa shape index (κ1) is 17.6. The van der Waals surface area contributed by atoms with Crippen molar-refractivity contribution in [2.75, 3.05) is 0 Å². The van der Waals surface area contributed by atoms with Crippen LogP contribution in [-0.4, -0.2) is 5.78 Å². The van der Waals surface area contributed by atoms with Gasteiger partial charge in [-0.2, -0.15) is 0 Å². The number of allylic oxidation sites excluding steroid dienone is 1. The van der Waals surface area contributed by atoms with Crippen LogP contribution < -0.4 is 0 Å². The topological polar surface area (TPSA) is 17.1 Å². The van der Waals surface area contributed by atoms with Gasteiger partial charge < -0.3 is 0 Å². The highest BCUT2D eigenvalue weighted by molar-refractivity contribution is 7.99. The zero-order valence-electron chi connectivity index (χ0n) is 15.2. The van der Waals surface area contributed by atoms with Gasteiger partial charge in [0.1, 0.15) is 5.41 Å². The molecule has 2 atom stereocenters. The first-order valence-corrected chi connectivity index (χ1v) is 9.84. The molecule has 4 rings (SSSR count). The van der Waals surface area contributed by atoms with Crippen LogP contribution in [0.15, 0.2) is 102 Å². The summed E-state index contributed by atoms with van der Waals surface area (Å²) in [6.07, 6.45) is 1.86. The molecule has 0 bridgehead atoms. The number of carbonyl (C=O) groups is 1. The highest BCUT2D eigenvalue weighted by atomic mass is 32.2. The molecule has 0 spiro atoms. The second-order valence-electron chi connectivity index (χ2n) is 6.81. The fraction of sp³-hybridized carbons (Fsp3) is 0.120. The molecule has 1 aliphatic carbocycles. The normalized spacial score (nSPS) is 20.8. The van der Waals surface area contributed by atoms with Gasteiger partial charge in [0.2, 0.25) is 0 Å². The minimum absolute atomic E-state index is 0.0689. The minimum Gasteiger partial charge on any atom is -0.293 e. The summed E-state index contributed by atoms with van der Waals surface area (Å²) in [5, 5.41) is -0.0689. The number of rotatable bonds is 4. The highest BCUT2D eigenvalue weighted by Gasteiger charge is 2.53.